The van der Waals surface area contributed by atoms with E-state index in [2.05, 4.69) is 31.9 Å². The van der Waals surface area contributed by atoms with Crippen molar-refractivity contribution in [1.82, 2.24) is 0 Å². The summed E-state index contributed by atoms with van der Waals surface area (Å²) < 4.78 is 18.4. The van der Waals surface area contributed by atoms with E-state index in [1.807, 2.05) is 0 Å². The summed E-state index contributed by atoms with van der Waals surface area (Å²) in [6.07, 6.45) is 0. The van der Waals surface area contributed by atoms with Crippen LogP contribution >= 0.6 is 31.9 Å². The lowest BCUT2D eigenvalue weighted by Gasteiger charge is -2.06. The summed E-state index contributed by atoms with van der Waals surface area (Å²) in [6.45, 7) is 0. The summed E-state index contributed by atoms with van der Waals surface area (Å²) in [5, 5.41) is 0.584. The van der Waals surface area contributed by atoms with Gasteiger partial charge in [-0.15, -0.1) is 0 Å². The average molecular weight is 298 g/mol. The molecule has 1 rings (SSSR count). The molecule has 0 saturated heterocycles. The van der Waals surface area contributed by atoms with Gasteiger partial charge in [0, 0.05) is 10.9 Å². The van der Waals surface area contributed by atoms with E-state index in [1.165, 1.54) is 6.07 Å². The highest BCUT2D eigenvalue weighted by atomic mass is 79.9. The second-order valence-electron chi connectivity index (χ2n) is 2.21. The molecule has 0 spiro atoms. The van der Waals surface area contributed by atoms with Crippen LogP contribution in [0.25, 0.3) is 0 Å². The number of rotatable bonds is 2. The van der Waals surface area contributed by atoms with Crippen LogP contribution in [-0.2, 0) is 5.33 Å². The number of hydrogen-bond donors (Lipinski definition) is 0. The van der Waals surface area contributed by atoms with E-state index < -0.39 is 0 Å². The van der Waals surface area contributed by atoms with Crippen LogP contribution in [0, 0.1) is 5.82 Å². The van der Waals surface area contributed by atoms with Crippen LogP contribution in [0.4, 0.5) is 4.39 Å². The number of alkyl halides is 1. The molecule has 0 N–H and O–H groups in total. The maximum atomic E-state index is 13.0. The van der Waals surface area contributed by atoms with Gasteiger partial charge in [-0.25, -0.2) is 4.39 Å². The van der Waals surface area contributed by atoms with E-state index in [-0.39, 0.29) is 5.82 Å². The van der Waals surface area contributed by atoms with Crippen LogP contribution in [0.15, 0.2) is 16.6 Å². The highest BCUT2D eigenvalue weighted by molar-refractivity contribution is 9.10. The molecule has 0 saturated carbocycles. The first-order chi connectivity index (χ1) is 5.69. The number of benzene rings is 1. The Morgan fingerprint density at radius 3 is 2.67 bits per heavy atom. The third-order valence-electron chi connectivity index (χ3n) is 1.47. The van der Waals surface area contributed by atoms with Crippen LogP contribution in [0.3, 0.4) is 0 Å². The first kappa shape index (κ1) is 9.99. The van der Waals surface area contributed by atoms with Crippen molar-refractivity contribution in [3.05, 3.63) is 28.0 Å². The van der Waals surface area contributed by atoms with E-state index in [0.717, 1.165) is 5.56 Å². The van der Waals surface area contributed by atoms with Gasteiger partial charge in [0.2, 0.25) is 0 Å². The lowest BCUT2D eigenvalue weighted by Crippen LogP contribution is -1.91. The van der Waals surface area contributed by atoms with E-state index in [1.54, 1.807) is 13.2 Å². The molecule has 4 heteroatoms. The Labute approximate surface area is 87.2 Å². The highest BCUT2D eigenvalue weighted by Gasteiger charge is 2.06. The van der Waals surface area contributed by atoms with E-state index in [9.17, 15) is 4.39 Å². The molecule has 0 unspecified atom stereocenters. The third kappa shape index (κ3) is 1.98. The van der Waals surface area contributed by atoms with Gasteiger partial charge >= 0.3 is 0 Å². The van der Waals surface area contributed by atoms with Crippen LogP contribution in [0.2, 0.25) is 0 Å². The fraction of sp³-hybridized carbons (Fsp3) is 0.250. The fourth-order valence-electron chi connectivity index (χ4n) is 0.864. The van der Waals surface area contributed by atoms with Crippen LogP contribution < -0.4 is 4.74 Å². The predicted molar refractivity (Wildman–Crippen MR) is 53.3 cm³/mol. The molecule has 1 aromatic rings. The lowest BCUT2D eigenvalue weighted by atomic mass is 10.2. The highest BCUT2D eigenvalue weighted by Crippen LogP contribution is 2.27. The smallest absolute Gasteiger partial charge is 0.137 e. The second-order valence-corrected chi connectivity index (χ2v) is 3.63. The van der Waals surface area contributed by atoms with Gasteiger partial charge in [-0.05, 0) is 28.1 Å². The summed E-state index contributed by atoms with van der Waals surface area (Å²) in [7, 11) is 1.56. The summed E-state index contributed by atoms with van der Waals surface area (Å²) in [5.74, 6) is 0.408. The summed E-state index contributed by atoms with van der Waals surface area (Å²) in [5.41, 5.74) is 0.804. The average Bonchev–Trinajstić information content (AvgIpc) is 2.09. The molecule has 0 aliphatic rings. The van der Waals surface area contributed by atoms with Crippen molar-refractivity contribution in [3.8, 4) is 5.75 Å². The zero-order valence-corrected chi connectivity index (χ0v) is 9.58. The Hall–Kier alpha value is -0.0900. The first-order valence-electron chi connectivity index (χ1n) is 3.27. The van der Waals surface area contributed by atoms with Gasteiger partial charge in [0.25, 0.3) is 0 Å². The SMILES string of the molecule is COc1cc(Br)c(F)cc1CBr. The van der Waals surface area contributed by atoms with Crippen molar-refractivity contribution in [3.63, 3.8) is 0 Å². The van der Waals surface area contributed by atoms with E-state index in [0.29, 0.717) is 15.6 Å². The molecule has 0 aliphatic carbocycles. The molecule has 1 nitrogen and oxygen atoms in total. The van der Waals surface area contributed by atoms with E-state index in [4.69, 9.17) is 4.74 Å². The van der Waals surface area contributed by atoms with Crippen LogP contribution in [0.5, 0.6) is 5.75 Å². The van der Waals surface area contributed by atoms with Gasteiger partial charge < -0.3 is 4.74 Å². The number of halogens is 3. The Kier molecular flexibility index (Phi) is 3.53. The molecule has 0 aromatic heterocycles. The van der Waals surface area contributed by atoms with Crippen LogP contribution in [-0.4, -0.2) is 7.11 Å². The molecular weight excluding hydrogens is 291 g/mol. The number of hydrogen-bond acceptors (Lipinski definition) is 1. The zero-order valence-electron chi connectivity index (χ0n) is 6.40. The molecule has 0 atom stereocenters. The molecule has 0 amide bonds. The molecule has 0 fully saturated rings. The second kappa shape index (κ2) is 4.23. The molecule has 0 heterocycles. The summed E-state index contributed by atoms with van der Waals surface area (Å²) in [4.78, 5) is 0. The standard InChI is InChI=1S/C8H7Br2FO/c1-12-8-3-6(10)7(11)2-5(8)4-9/h2-3H,4H2,1H3. The molecule has 12 heavy (non-hydrogen) atoms. The normalized spacial score (nSPS) is 10.0. The minimum absolute atomic E-state index is 0.273. The molecule has 0 radical (unpaired) electrons. The van der Waals surface area contributed by atoms with E-state index >= 15 is 0 Å². The maximum absolute atomic E-state index is 13.0. The van der Waals surface area contributed by atoms with Gasteiger partial charge in [0.1, 0.15) is 11.6 Å². The molecule has 0 aliphatic heterocycles. The summed E-state index contributed by atoms with van der Waals surface area (Å²) in [6, 6.07) is 3.06. The van der Waals surface area contributed by atoms with Crippen LogP contribution in [0.1, 0.15) is 5.56 Å². The van der Waals surface area contributed by atoms with Gasteiger partial charge in [-0.1, -0.05) is 15.9 Å². The third-order valence-corrected chi connectivity index (χ3v) is 2.68. The Bertz CT molecular complexity index is 260. The Morgan fingerprint density at radius 1 is 1.50 bits per heavy atom. The number of ether oxygens (including phenoxy) is 1. The largest absolute Gasteiger partial charge is 0.496 e. The van der Waals surface area contributed by atoms with Crippen molar-refractivity contribution < 1.29 is 9.13 Å². The minimum atomic E-state index is -0.273. The first-order valence-corrected chi connectivity index (χ1v) is 5.18. The molecule has 0 bridgehead atoms. The predicted octanol–water partition coefficient (Wildman–Crippen LogP) is 3.49. The molecular formula is C8H7Br2FO. The number of methoxy groups -OCH3 is 1. The van der Waals surface area contributed by atoms with Crippen molar-refractivity contribution in [1.29, 1.82) is 0 Å². The molecule has 1 aromatic carbocycles. The summed E-state index contributed by atoms with van der Waals surface area (Å²) >= 11 is 6.33. The van der Waals surface area contributed by atoms with Gasteiger partial charge in [0.05, 0.1) is 11.6 Å². The Balaban J connectivity index is 3.19. The zero-order chi connectivity index (χ0) is 9.14. The lowest BCUT2D eigenvalue weighted by molar-refractivity contribution is 0.409. The van der Waals surface area contributed by atoms with Gasteiger partial charge in [-0.2, -0.15) is 0 Å². The maximum Gasteiger partial charge on any atom is 0.137 e. The van der Waals surface area contributed by atoms with Crippen molar-refractivity contribution in [2.45, 2.75) is 5.33 Å². The molecule has 66 valence electrons. The monoisotopic (exact) mass is 296 g/mol. The fourth-order valence-corrected chi connectivity index (χ4v) is 1.62. The minimum Gasteiger partial charge on any atom is -0.496 e. The quantitative estimate of drug-likeness (QED) is 0.759. The van der Waals surface area contributed by atoms with Crippen molar-refractivity contribution in [2.24, 2.45) is 0 Å². The van der Waals surface area contributed by atoms with Gasteiger partial charge in [0.15, 0.2) is 0 Å². The van der Waals surface area contributed by atoms with Crippen molar-refractivity contribution >= 4 is 31.9 Å². The topological polar surface area (TPSA) is 9.23 Å². The Morgan fingerprint density at radius 2 is 2.17 bits per heavy atom. The van der Waals surface area contributed by atoms with Crippen molar-refractivity contribution in [2.75, 3.05) is 7.11 Å². The van der Waals surface area contributed by atoms with Gasteiger partial charge in [-0.3, -0.25) is 0 Å².